The summed E-state index contributed by atoms with van der Waals surface area (Å²) < 4.78 is 0. The molecule has 0 radical (unpaired) electrons. The zero-order chi connectivity index (χ0) is 10.6. The summed E-state index contributed by atoms with van der Waals surface area (Å²) in [6.07, 6.45) is 2.57. The largest absolute Gasteiger partial charge is 0.478 e. The van der Waals surface area contributed by atoms with Crippen molar-refractivity contribution in [3.8, 4) is 0 Å². The third kappa shape index (κ3) is 2.87. The van der Waals surface area contributed by atoms with Crippen molar-refractivity contribution in [3.63, 3.8) is 0 Å². The molecule has 0 aromatic heterocycles. The summed E-state index contributed by atoms with van der Waals surface area (Å²) in [7, 11) is 0. The summed E-state index contributed by atoms with van der Waals surface area (Å²) in [5.74, 6) is -0.978. The van der Waals surface area contributed by atoms with Gasteiger partial charge >= 0.3 is 5.97 Å². The van der Waals surface area contributed by atoms with Gasteiger partial charge in [0.25, 0.3) is 0 Å². The number of aliphatic carboxylic acids is 1. The first-order valence-corrected chi connectivity index (χ1v) is 4.41. The fourth-order valence-corrected chi connectivity index (χ4v) is 1.22. The molecule has 0 unspecified atom stereocenters. The third-order valence-electron chi connectivity index (χ3n) is 1.71. The van der Waals surface area contributed by atoms with E-state index in [2.05, 4.69) is 0 Å². The average molecular weight is 212 g/mol. The lowest BCUT2D eigenvalue weighted by Crippen LogP contribution is -1.97. The van der Waals surface area contributed by atoms with Gasteiger partial charge in [0.2, 0.25) is 0 Å². The number of hydrogen-bond acceptors (Lipinski definition) is 2. The van der Waals surface area contributed by atoms with Crippen LogP contribution in [0.2, 0.25) is 5.02 Å². The van der Waals surface area contributed by atoms with Gasteiger partial charge < -0.3 is 10.8 Å². The van der Waals surface area contributed by atoms with Crippen LogP contribution in [0.1, 0.15) is 11.1 Å². The van der Waals surface area contributed by atoms with E-state index < -0.39 is 5.97 Å². The van der Waals surface area contributed by atoms with Crippen molar-refractivity contribution >= 4 is 23.6 Å². The number of carbonyl (C=O) groups is 1. The molecule has 0 fully saturated rings. The minimum absolute atomic E-state index is 0.341. The van der Waals surface area contributed by atoms with Crippen molar-refractivity contribution in [1.29, 1.82) is 0 Å². The van der Waals surface area contributed by atoms with Crippen LogP contribution in [0, 0.1) is 0 Å². The molecule has 0 amide bonds. The molecule has 1 aromatic rings. The minimum atomic E-state index is -0.978. The molecular weight excluding hydrogens is 202 g/mol. The standard InChI is InChI=1S/C10H10ClNO2/c11-9-3-1-7(2-4-10(13)14)5-8(9)6-12/h1-5H,6,12H2,(H,13,14)/b4-2+. The van der Waals surface area contributed by atoms with Crippen LogP contribution in [0.5, 0.6) is 0 Å². The molecule has 0 aliphatic heterocycles. The Kier molecular flexibility index (Phi) is 3.68. The highest BCUT2D eigenvalue weighted by Gasteiger charge is 1.98. The summed E-state index contributed by atoms with van der Waals surface area (Å²) in [6.45, 7) is 0.341. The summed E-state index contributed by atoms with van der Waals surface area (Å²) in [5.41, 5.74) is 7.03. The lowest BCUT2D eigenvalue weighted by atomic mass is 10.1. The third-order valence-corrected chi connectivity index (χ3v) is 2.08. The highest BCUT2D eigenvalue weighted by atomic mass is 35.5. The second-order valence-corrected chi connectivity index (χ2v) is 3.13. The Hall–Kier alpha value is -1.32. The van der Waals surface area contributed by atoms with Gasteiger partial charge in [-0.3, -0.25) is 0 Å². The summed E-state index contributed by atoms with van der Waals surface area (Å²) in [5, 5.41) is 9.02. The summed E-state index contributed by atoms with van der Waals surface area (Å²) in [6, 6.07) is 5.20. The van der Waals surface area contributed by atoms with Gasteiger partial charge in [-0.2, -0.15) is 0 Å². The highest BCUT2D eigenvalue weighted by molar-refractivity contribution is 6.31. The smallest absolute Gasteiger partial charge is 0.328 e. The first-order chi connectivity index (χ1) is 6.63. The average Bonchev–Trinajstić information content (AvgIpc) is 2.16. The summed E-state index contributed by atoms with van der Waals surface area (Å²) in [4.78, 5) is 10.3. The van der Waals surface area contributed by atoms with Crippen molar-refractivity contribution in [2.45, 2.75) is 6.54 Å². The van der Waals surface area contributed by atoms with Crippen molar-refractivity contribution in [2.75, 3.05) is 0 Å². The second-order valence-electron chi connectivity index (χ2n) is 2.73. The molecule has 3 nitrogen and oxygen atoms in total. The number of carboxylic acids is 1. The molecule has 1 aromatic carbocycles. The maximum absolute atomic E-state index is 10.3. The Balaban J connectivity index is 2.95. The van der Waals surface area contributed by atoms with Crippen LogP contribution in [0.4, 0.5) is 0 Å². The normalized spacial score (nSPS) is 10.7. The molecule has 4 heteroatoms. The van der Waals surface area contributed by atoms with Crippen LogP contribution in [0.15, 0.2) is 24.3 Å². The first-order valence-electron chi connectivity index (χ1n) is 4.03. The molecule has 0 atom stereocenters. The van der Waals surface area contributed by atoms with E-state index in [0.29, 0.717) is 11.6 Å². The minimum Gasteiger partial charge on any atom is -0.478 e. The molecular formula is C10H10ClNO2. The Morgan fingerprint density at radius 2 is 2.29 bits per heavy atom. The van der Waals surface area contributed by atoms with E-state index in [1.54, 1.807) is 18.2 Å². The number of nitrogens with two attached hydrogens (primary N) is 1. The van der Waals surface area contributed by atoms with E-state index in [-0.39, 0.29) is 0 Å². The number of benzene rings is 1. The first kappa shape index (κ1) is 10.8. The Morgan fingerprint density at radius 3 is 2.86 bits per heavy atom. The zero-order valence-corrected chi connectivity index (χ0v) is 8.16. The van der Waals surface area contributed by atoms with Gasteiger partial charge in [0, 0.05) is 17.6 Å². The molecule has 0 spiro atoms. The molecule has 1 rings (SSSR count). The highest BCUT2D eigenvalue weighted by Crippen LogP contribution is 2.17. The van der Waals surface area contributed by atoms with Gasteiger partial charge in [-0.05, 0) is 29.3 Å². The molecule has 0 saturated heterocycles. The monoisotopic (exact) mass is 211 g/mol. The molecule has 0 aliphatic carbocycles. The molecule has 0 saturated carbocycles. The van der Waals surface area contributed by atoms with Crippen LogP contribution in [-0.2, 0) is 11.3 Å². The van der Waals surface area contributed by atoms with Crippen molar-refractivity contribution in [1.82, 2.24) is 0 Å². The van der Waals surface area contributed by atoms with E-state index in [1.165, 1.54) is 6.08 Å². The van der Waals surface area contributed by atoms with Crippen molar-refractivity contribution in [2.24, 2.45) is 5.73 Å². The molecule has 0 bridgehead atoms. The quantitative estimate of drug-likeness (QED) is 0.751. The second kappa shape index (κ2) is 4.79. The molecule has 14 heavy (non-hydrogen) atoms. The Labute approximate surface area is 86.8 Å². The summed E-state index contributed by atoms with van der Waals surface area (Å²) >= 11 is 5.84. The molecule has 0 heterocycles. The van der Waals surface area contributed by atoms with Gasteiger partial charge in [0.15, 0.2) is 0 Å². The van der Waals surface area contributed by atoms with Crippen LogP contribution < -0.4 is 5.73 Å². The van der Waals surface area contributed by atoms with Gasteiger partial charge in [0.1, 0.15) is 0 Å². The molecule has 3 N–H and O–H groups in total. The van der Waals surface area contributed by atoms with Gasteiger partial charge in [-0.25, -0.2) is 4.79 Å². The lowest BCUT2D eigenvalue weighted by Gasteiger charge is -2.01. The maximum Gasteiger partial charge on any atom is 0.328 e. The molecule has 0 aliphatic rings. The SMILES string of the molecule is NCc1cc(/C=C/C(=O)O)ccc1Cl. The number of hydrogen-bond donors (Lipinski definition) is 2. The van der Waals surface area contributed by atoms with E-state index in [4.69, 9.17) is 22.4 Å². The van der Waals surface area contributed by atoms with Crippen LogP contribution in [0.3, 0.4) is 0 Å². The van der Waals surface area contributed by atoms with Crippen LogP contribution in [-0.4, -0.2) is 11.1 Å². The fourth-order valence-electron chi connectivity index (χ4n) is 1.02. The van der Waals surface area contributed by atoms with E-state index >= 15 is 0 Å². The van der Waals surface area contributed by atoms with E-state index in [1.807, 2.05) is 0 Å². The maximum atomic E-state index is 10.3. The number of carboxylic acid groups (broad SMARTS) is 1. The molecule has 74 valence electrons. The topological polar surface area (TPSA) is 63.3 Å². The van der Waals surface area contributed by atoms with E-state index in [9.17, 15) is 4.79 Å². The fraction of sp³-hybridized carbons (Fsp3) is 0.100. The van der Waals surface area contributed by atoms with Gasteiger partial charge in [-0.15, -0.1) is 0 Å². The van der Waals surface area contributed by atoms with Crippen LogP contribution >= 0.6 is 11.6 Å². The van der Waals surface area contributed by atoms with E-state index in [0.717, 1.165) is 17.2 Å². The van der Waals surface area contributed by atoms with Crippen LogP contribution in [0.25, 0.3) is 6.08 Å². The number of halogens is 1. The zero-order valence-electron chi connectivity index (χ0n) is 7.40. The Bertz CT molecular complexity index is 374. The predicted octanol–water partition coefficient (Wildman–Crippen LogP) is 1.90. The number of rotatable bonds is 3. The van der Waals surface area contributed by atoms with Crippen molar-refractivity contribution < 1.29 is 9.90 Å². The van der Waals surface area contributed by atoms with Gasteiger partial charge in [0.05, 0.1) is 0 Å². The van der Waals surface area contributed by atoms with Gasteiger partial charge in [-0.1, -0.05) is 17.7 Å². The van der Waals surface area contributed by atoms with Crippen molar-refractivity contribution in [3.05, 3.63) is 40.4 Å². The Morgan fingerprint density at radius 1 is 1.57 bits per heavy atom. The predicted molar refractivity (Wildman–Crippen MR) is 56.0 cm³/mol. The lowest BCUT2D eigenvalue weighted by molar-refractivity contribution is -0.131.